The molecule has 6 nitrogen and oxygen atoms in total. The smallest absolute Gasteiger partial charge is 0.315 e. The van der Waals surface area contributed by atoms with Crippen LogP contribution in [-0.4, -0.2) is 35.8 Å². The summed E-state index contributed by atoms with van der Waals surface area (Å²) < 4.78 is 5.68. The van der Waals surface area contributed by atoms with E-state index in [4.69, 9.17) is 21.4 Å². The number of halogens is 1. The molecule has 3 N–H and O–H groups in total. The first-order valence-electron chi connectivity index (χ1n) is 8.13. The van der Waals surface area contributed by atoms with Crippen LogP contribution >= 0.6 is 11.6 Å². The third-order valence-electron chi connectivity index (χ3n) is 4.11. The summed E-state index contributed by atoms with van der Waals surface area (Å²) >= 11 is 5.82. The van der Waals surface area contributed by atoms with Gasteiger partial charge in [-0.05, 0) is 56.9 Å². The van der Waals surface area contributed by atoms with E-state index >= 15 is 0 Å². The maximum Gasteiger partial charge on any atom is 0.315 e. The highest BCUT2D eigenvalue weighted by molar-refractivity contribution is 6.30. The van der Waals surface area contributed by atoms with Gasteiger partial charge < -0.3 is 20.5 Å². The van der Waals surface area contributed by atoms with Crippen molar-refractivity contribution in [2.45, 2.75) is 44.8 Å². The quantitative estimate of drug-likeness (QED) is 0.732. The van der Waals surface area contributed by atoms with E-state index in [2.05, 4.69) is 10.6 Å². The topological polar surface area (TPSA) is 87.7 Å². The zero-order valence-corrected chi connectivity index (χ0v) is 14.4. The first-order chi connectivity index (χ1) is 11.4. The molecule has 7 heteroatoms. The lowest BCUT2D eigenvalue weighted by Gasteiger charge is -2.27. The van der Waals surface area contributed by atoms with Crippen LogP contribution in [0.15, 0.2) is 24.3 Å². The molecule has 1 aromatic carbocycles. The van der Waals surface area contributed by atoms with Crippen molar-refractivity contribution >= 4 is 23.6 Å². The predicted molar refractivity (Wildman–Crippen MR) is 91.5 cm³/mol. The van der Waals surface area contributed by atoms with E-state index in [9.17, 15) is 9.59 Å². The van der Waals surface area contributed by atoms with Crippen LogP contribution in [-0.2, 0) is 4.79 Å². The molecule has 1 atom stereocenters. The lowest BCUT2D eigenvalue weighted by molar-refractivity contribution is -0.142. The van der Waals surface area contributed by atoms with Gasteiger partial charge in [0, 0.05) is 11.1 Å². The molecule has 0 heterocycles. The van der Waals surface area contributed by atoms with E-state index in [1.807, 2.05) is 6.92 Å². The number of rotatable bonds is 6. The first-order valence-corrected chi connectivity index (χ1v) is 8.51. The van der Waals surface area contributed by atoms with Gasteiger partial charge in [0.25, 0.3) is 0 Å². The second-order valence-corrected chi connectivity index (χ2v) is 6.56. The molecule has 0 bridgehead atoms. The highest BCUT2D eigenvalue weighted by atomic mass is 35.5. The summed E-state index contributed by atoms with van der Waals surface area (Å²) in [5, 5.41) is 15.3. The van der Waals surface area contributed by atoms with Gasteiger partial charge in [0.05, 0.1) is 12.5 Å². The molecule has 1 aliphatic carbocycles. The minimum atomic E-state index is -0.744. The van der Waals surface area contributed by atoms with Crippen LogP contribution in [0, 0.1) is 5.92 Å². The van der Waals surface area contributed by atoms with Gasteiger partial charge >= 0.3 is 12.0 Å². The molecule has 0 aromatic heterocycles. The molecule has 1 fully saturated rings. The summed E-state index contributed by atoms with van der Waals surface area (Å²) in [6.07, 6.45) is 2.43. The molecule has 24 heavy (non-hydrogen) atoms. The van der Waals surface area contributed by atoms with Crippen LogP contribution < -0.4 is 15.4 Å². The molecule has 132 valence electrons. The standard InChI is InChI=1S/C17H23ClN2O4/c1-11(24-15-8-4-13(18)5-9-15)10-19-17(23)20-14-6-2-12(3-7-14)16(21)22/h4-5,8-9,11-12,14H,2-3,6-7,10H2,1H3,(H,21,22)(H2,19,20,23). The van der Waals surface area contributed by atoms with Gasteiger partial charge in [0.1, 0.15) is 11.9 Å². The van der Waals surface area contributed by atoms with E-state index in [-0.39, 0.29) is 24.1 Å². The Balaban J connectivity index is 1.66. The second-order valence-electron chi connectivity index (χ2n) is 6.12. The highest BCUT2D eigenvalue weighted by Crippen LogP contribution is 2.24. The first kappa shape index (κ1) is 18.4. The number of aliphatic carboxylic acids is 1. The average Bonchev–Trinajstić information content (AvgIpc) is 2.55. The van der Waals surface area contributed by atoms with E-state index in [1.165, 1.54) is 0 Å². The summed E-state index contributed by atoms with van der Waals surface area (Å²) in [4.78, 5) is 22.8. The molecular weight excluding hydrogens is 332 g/mol. The van der Waals surface area contributed by atoms with Crippen LogP contribution in [0.25, 0.3) is 0 Å². The van der Waals surface area contributed by atoms with E-state index in [0.717, 1.165) is 0 Å². The Bertz CT molecular complexity index is 556. The summed E-state index contributed by atoms with van der Waals surface area (Å²) in [7, 11) is 0. The average molecular weight is 355 g/mol. The molecule has 1 unspecified atom stereocenters. The Hall–Kier alpha value is -1.95. The molecule has 1 aromatic rings. The van der Waals surface area contributed by atoms with Gasteiger partial charge in [0.15, 0.2) is 0 Å². The minimum Gasteiger partial charge on any atom is -0.489 e. The van der Waals surface area contributed by atoms with Gasteiger partial charge in [-0.15, -0.1) is 0 Å². The third-order valence-corrected chi connectivity index (χ3v) is 4.36. The second kappa shape index (κ2) is 8.78. The molecular formula is C17H23ClN2O4. The highest BCUT2D eigenvalue weighted by Gasteiger charge is 2.26. The van der Waals surface area contributed by atoms with E-state index in [0.29, 0.717) is 43.0 Å². The Kier molecular flexibility index (Phi) is 6.73. The number of hydrogen-bond acceptors (Lipinski definition) is 3. The number of nitrogens with one attached hydrogen (secondary N) is 2. The lowest BCUT2D eigenvalue weighted by Crippen LogP contribution is -2.46. The van der Waals surface area contributed by atoms with Crippen molar-refractivity contribution < 1.29 is 19.4 Å². The number of carboxylic acid groups (broad SMARTS) is 1. The van der Waals surface area contributed by atoms with E-state index in [1.54, 1.807) is 24.3 Å². The number of ether oxygens (including phenoxy) is 1. The van der Waals surface area contributed by atoms with Crippen molar-refractivity contribution in [1.29, 1.82) is 0 Å². The number of urea groups is 1. The monoisotopic (exact) mass is 354 g/mol. The number of benzene rings is 1. The fourth-order valence-electron chi connectivity index (χ4n) is 2.74. The van der Waals surface area contributed by atoms with Crippen molar-refractivity contribution in [2.75, 3.05) is 6.54 Å². The van der Waals surface area contributed by atoms with Crippen molar-refractivity contribution in [3.8, 4) is 5.75 Å². The van der Waals surface area contributed by atoms with Crippen LogP contribution in [0.3, 0.4) is 0 Å². The number of hydrogen-bond donors (Lipinski definition) is 3. The van der Waals surface area contributed by atoms with Gasteiger partial charge in [-0.3, -0.25) is 4.79 Å². The van der Waals surface area contributed by atoms with Crippen molar-refractivity contribution in [1.82, 2.24) is 10.6 Å². The Labute approximate surface area is 146 Å². The Morgan fingerprint density at radius 3 is 2.46 bits per heavy atom. The molecule has 0 saturated heterocycles. The van der Waals surface area contributed by atoms with Crippen molar-refractivity contribution in [3.63, 3.8) is 0 Å². The van der Waals surface area contributed by atoms with Crippen LogP contribution in [0.5, 0.6) is 5.75 Å². The number of carboxylic acids is 1. The van der Waals surface area contributed by atoms with Crippen molar-refractivity contribution in [2.24, 2.45) is 5.92 Å². The third kappa shape index (κ3) is 5.92. The van der Waals surface area contributed by atoms with Crippen LogP contribution in [0.4, 0.5) is 4.79 Å². The lowest BCUT2D eigenvalue weighted by atomic mass is 9.86. The molecule has 0 radical (unpaired) electrons. The molecule has 2 amide bonds. The maximum atomic E-state index is 11.9. The Morgan fingerprint density at radius 2 is 1.88 bits per heavy atom. The zero-order chi connectivity index (χ0) is 17.5. The van der Waals surface area contributed by atoms with Gasteiger partial charge in [-0.25, -0.2) is 4.79 Å². The van der Waals surface area contributed by atoms with Crippen LogP contribution in [0.2, 0.25) is 5.02 Å². The predicted octanol–water partition coefficient (Wildman–Crippen LogP) is 3.05. The fraction of sp³-hybridized carbons (Fsp3) is 0.529. The summed E-state index contributed by atoms with van der Waals surface area (Å²) in [6.45, 7) is 2.24. The minimum absolute atomic E-state index is 0.0353. The summed E-state index contributed by atoms with van der Waals surface area (Å²) in [6, 6.07) is 6.84. The largest absolute Gasteiger partial charge is 0.489 e. The van der Waals surface area contributed by atoms with E-state index < -0.39 is 5.97 Å². The molecule has 2 rings (SSSR count). The normalized spacial score (nSPS) is 21.6. The number of amides is 2. The van der Waals surface area contributed by atoms with Gasteiger partial charge in [-0.2, -0.15) is 0 Å². The van der Waals surface area contributed by atoms with Crippen LogP contribution in [0.1, 0.15) is 32.6 Å². The molecule has 0 aliphatic heterocycles. The number of carbonyl (C=O) groups is 2. The molecule has 0 spiro atoms. The zero-order valence-electron chi connectivity index (χ0n) is 13.6. The maximum absolute atomic E-state index is 11.9. The Morgan fingerprint density at radius 1 is 1.25 bits per heavy atom. The SMILES string of the molecule is CC(CNC(=O)NC1CCC(C(=O)O)CC1)Oc1ccc(Cl)cc1. The molecule has 1 saturated carbocycles. The van der Waals surface area contributed by atoms with Gasteiger partial charge in [0.2, 0.25) is 0 Å². The summed E-state index contributed by atoms with van der Waals surface area (Å²) in [5.74, 6) is -0.328. The summed E-state index contributed by atoms with van der Waals surface area (Å²) in [5.41, 5.74) is 0. The molecule has 1 aliphatic rings. The van der Waals surface area contributed by atoms with Crippen molar-refractivity contribution in [3.05, 3.63) is 29.3 Å². The van der Waals surface area contributed by atoms with Gasteiger partial charge in [-0.1, -0.05) is 11.6 Å². The number of carbonyl (C=O) groups excluding carboxylic acids is 1. The fourth-order valence-corrected chi connectivity index (χ4v) is 2.87.